The van der Waals surface area contributed by atoms with Crippen molar-refractivity contribution in [3.05, 3.63) is 59.8 Å². The Morgan fingerprint density at radius 3 is 2.36 bits per heavy atom. The largest absolute Gasteiger partial charge is 0.497 e. The topological polar surface area (TPSA) is 34.2 Å². The Kier molecular flexibility index (Phi) is 4.33. The molecule has 0 saturated carbocycles. The number of nitrogens with one attached hydrogen (secondary N) is 1. The molecule has 3 nitrogen and oxygen atoms in total. The van der Waals surface area contributed by atoms with Gasteiger partial charge in [-0.05, 0) is 66.8 Å². The standard InChI is InChI=1S/C10H12O.C9H9NO/c1-11-10-6-5-8-3-2-4-9(8)7-10;1-11-8-2-3-9-7(6-8)4-5-10-9/h5-7H,2-4H2,1H3;2-6,10H,1H3. The molecule has 4 rings (SSSR count). The van der Waals surface area contributed by atoms with Crippen LogP contribution >= 0.6 is 0 Å². The molecule has 22 heavy (non-hydrogen) atoms. The average Bonchev–Trinajstić information content (AvgIpc) is 3.22. The number of rotatable bonds is 2. The van der Waals surface area contributed by atoms with Gasteiger partial charge in [-0.1, -0.05) is 6.07 Å². The van der Waals surface area contributed by atoms with Gasteiger partial charge in [-0.25, -0.2) is 0 Å². The number of aromatic nitrogens is 1. The zero-order chi connectivity index (χ0) is 15.4. The van der Waals surface area contributed by atoms with Crippen molar-refractivity contribution in [1.29, 1.82) is 0 Å². The molecule has 3 aromatic rings. The molecule has 0 fully saturated rings. The lowest BCUT2D eigenvalue weighted by atomic mass is 10.1. The van der Waals surface area contributed by atoms with E-state index < -0.39 is 0 Å². The lowest BCUT2D eigenvalue weighted by molar-refractivity contribution is 0.414. The minimum absolute atomic E-state index is 0.900. The van der Waals surface area contributed by atoms with Crippen LogP contribution < -0.4 is 9.47 Å². The summed E-state index contributed by atoms with van der Waals surface area (Å²) in [5.41, 5.74) is 4.13. The molecule has 3 heteroatoms. The number of methoxy groups -OCH3 is 2. The molecule has 1 aromatic heterocycles. The van der Waals surface area contributed by atoms with Crippen LogP contribution in [-0.2, 0) is 12.8 Å². The van der Waals surface area contributed by atoms with Crippen LogP contribution in [-0.4, -0.2) is 19.2 Å². The van der Waals surface area contributed by atoms with Crippen LogP contribution in [0.3, 0.4) is 0 Å². The summed E-state index contributed by atoms with van der Waals surface area (Å²) in [6, 6.07) is 14.4. The molecule has 0 spiro atoms. The lowest BCUT2D eigenvalue weighted by Gasteiger charge is -2.02. The van der Waals surface area contributed by atoms with Crippen molar-refractivity contribution in [3.63, 3.8) is 0 Å². The molecular weight excluding hydrogens is 274 g/mol. The van der Waals surface area contributed by atoms with Crippen molar-refractivity contribution < 1.29 is 9.47 Å². The summed E-state index contributed by atoms with van der Waals surface area (Å²) >= 11 is 0. The van der Waals surface area contributed by atoms with E-state index >= 15 is 0 Å². The molecule has 1 aliphatic carbocycles. The van der Waals surface area contributed by atoms with Crippen LogP contribution in [0.4, 0.5) is 0 Å². The zero-order valence-corrected chi connectivity index (χ0v) is 13.1. The Morgan fingerprint density at radius 1 is 0.818 bits per heavy atom. The fourth-order valence-corrected chi connectivity index (χ4v) is 2.83. The van der Waals surface area contributed by atoms with Crippen molar-refractivity contribution in [1.82, 2.24) is 4.98 Å². The summed E-state index contributed by atoms with van der Waals surface area (Å²) in [5, 5.41) is 1.18. The first-order chi connectivity index (χ1) is 10.8. The number of hydrogen-bond donors (Lipinski definition) is 1. The van der Waals surface area contributed by atoms with E-state index in [1.54, 1.807) is 14.2 Å². The third-order valence-corrected chi connectivity index (χ3v) is 4.07. The number of benzene rings is 2. The lowest BCUT2D eigenvalue weighted by Crippen LogP contribution is -1.86. The number of aromatic amines is 1. The Labute approximate surface area is 130 Å². The summed E-state index contributed by atoms with van der Waals surface area (Å²) < 4.78 is 10.2. The van der Waals surface area contributed by atoms with Crippen molar-refractivity contribution in [2.24, 2.45) is 0 Å². The van der Waals surface area contributed by atoms with Gasteiger partial charge in [0.25, 0.3) is 0 Å². The van der Waals surface area contributed by atoms with Gasteiger partial charge in [0, 0.05) is 17.1 Å². The molecule has 1 heterocycles. The van der Waals surface area contributed by atoms with Gasteiger partial charge in [-0.3, -0.25) is 0 Å². The highest BCUT2D eigenvalue weighted by Gasteiger charge is 2.10. The van der Waals surface area contributed by atoms with E-state index in [4.69, 9.17) is 9.47 Å². The quantitative estimate of drug-likeness (QED) is 0.762. The highest BCUT2D eigenvalue weighted by molar-refractivity contribution is 5.80. The van der Waals surface area contributed by atoms with Gasteiger partial charge in [0.15, 0.2) is 0 Å². The van der Waals surface area contributed by atoms with Crippen LogP contribution in [0.25, 0.3) is 10.9 Å². The Balaban J connectivity index is 0.000000131. The first-order valence-corrected chi connectivity index (χ1v) is 7.57. The van der Waals surface area contributed by atoms with Crippen molar-refractivity contribution in [3.8, 4) is 11.5 Å². The smallest absolute Gasteiger partial charge is 0.119 e. The van der Waals surface area contributed by atoms with E-state index in [1.165, 1.54) is 35.8 Å². The second-order valence-electron chi connectivity index (χ2n) is 5.42. The highest BCUT2D eigenvalue weighted by atomic mass is 16.5. The third-order valence-electron chi connectivity index (χ3n) is 4.07. The van der Waals surface area contributed by atoms with Crippen LogP contribution in [0.1, 0.15) is 17.5 Å². The molecule has 0 radical (unpaired) electrons. The van der Waals surface area contributed by atoms with Gasteiger partial charge in [0.2, 0.25) is 0 Å². The second-order valence-corrected chi connectivity index (χ2v) is 5.42. The second kappa shape index (κ2) is 6.56. The van der Waals surface area contributed by atoms with Gasteiger partial charge in [0.05, 0.1) is 14.2 Å². The predicted octanol–water partition coefficient (Wildman–Crippen LogP) is 4.36. The number of aryl methyl sites for hydroxylation is 2. The molecule has 2 aromatic carbocycles. The maximum atomic E-state index is 5.14. The minimum atomic E-state index is 0.900. The van der Waals surface area contributed by atoms with Crippen LogP contribution in [0.2, 0.25) is 0 Å². The predicted molar refractivity (Wildman–Crippen MR) is 89.9 cm³/mol. The van der Waals surface area contributed by atoms with Crippen LogP contribution in [0, 0.1) is 0 Å². The molecular formula is C19H21NO2. The third kappa shape index (κ3) is 3.08. The number of hydrogen-bond acceptors (Lipinski definition) is 2. The maximum absolute atomic E-state index is 5.14. The Bertz CT molecular complexity index is 761. The van der Waals surface area contributed by atoms with E-state index in [9.17, 15) is 0 Å². The number of H-pyrrole nitrogens is 1. The molecule has 0 saturated heterocycles. The molecule has 1 N–H and O–H groups in total. The minimum Gasteiger partial charge on any atom is -0.497 e. The van der Waals surface area contributed by atoms with Crippen molar-refractivity contribution >= 4 is 10.9 Å². The zero-order valence-electron chi connectivity index (χ0n) is 13.1. The van der Waals surface area contributed by atoms with E-state index in [2.05, 4.69) is 17.1 Å². The SMILES string of the molecule is COc1ccc2[nH]ccc2c1.COc1ccc2c(c1)CCC2. The molecule has 1 aliphatic rings. The van der Waals surface area contributed by atoms with E-state index in [-0.39, 0.29) is 0 Å². The fourth-order valence-electron chi connectivity index (χ4n) is 2.83. The summed E-state index contributed by atoms with van der Waals surface area (Å²) in [6.07, 6.45) is 5.71. The monoisotopic (exact) mass is 295 g/mol. The van der Waals surface area contributed by atoms with Gasteiger partial charge in [-0.2, -0.15) is 0 Å². The molecule has 0 unspecified atom stereocenters. The first-order valence-electron chi connectivity index (χ1n) is 7.57. The Morgan fingerprint density at radius 2 is 1.55 bits per heavy atom. The maximum Gasteiger partial charge on any atom is 0.119 e. The van der Waals surface area contributed by atoms with Crippen molar-refractivity contribution in [2.75, 3.05) is 14.2 Å². The van der Waals surface area contributed by atoms with Gasteiger partial charge in [0.1, 0.15) is 11.5 Å². The van der Waals surface area contributed by atoms with Crippen LogP contribution in [0.5, 0.6) is 11.5 Å². The van der Waals surface area contributed by atoms with Crippen LogP contribution in [0.15, 0.2) is 48.7 Å². The van der Waals surface area contributed by atoms with Gasteiger partial charge >= 0.3 is 0 Å². The van der Waals surface area contributed by atoms with E-state index in [0.717, 1.165) is 17.0 Å². The number of fused-ring (bicyclic) bond motifs is 2. The average molecular weight is 295 g/mol. The number of ether oxygens (including phenoxy) is 2. The fraction of sp³-hybridized carbons (Fsp3) is 0.263. The molecule has 0 aliphatic heterocycles. The molecule has 0 amide bonds. The summed E-state index contributed by atoms with van der Waals surface area (Å²) in [7, 11) is 3.39. The molecule has 114 valence electrons. The summed E-state index contributed by atoms with van der Waals surface area (Å²) in [6.45, 7) is 0. The Hall–Kier alpha value is -2.42. The van der Waals surface area contributed by atoms with Gasteiger partial charge in [-0.15, -0.1) is 0 Å². The molecule has 0 atom stereocenters. The molecule has 0 bridgehead atoms. The van der Waals surface area contributed by atoms with Gasteiger partial charge < -0.3 is 14.5 Å². The highest BCUT2D eigenvalue weighted by Crippen LogP contribution is 2.25. The van der Waals surface area contributed by atoms with E-state index in [0.29, 0.717) is 0 Å². The first kappa shape index (κ1) is 14.5. The normalized spacial score (nSPS) is 12.5. The van der Waals surface area contributed by atoms with E-state index in [1.807, 2.05) is 36.5 Å². The summed E-state index contributed by atoms with van der Waals surface area (Å²) in [5.74, 6) is 1.89. The summed E-state index contributed by atoms with van der Waals surface area (Å²) in [4.78, 5) is 3.12. The van der Waals surface area contributed by atoms with Crippen molar-refractivity contribution in [2.45, 2.75) is 19.3 Å².